The summed E-state index contributed by atoms with van der Waals surface area (Å²) >= 11 is 0. The molecule has 1 aliphatic rings. The van der Waals surface area contributed by atoms with Crippen LogP contribution in [0.4, 0.5) is 0 Å². The van der Waals surface area contributed by atoms with Crippen molar-refractivity contribution in [3.05, 3.63) is 29.8 Å². The third-order valence-electron chi connectivity index (χ3n) is 4.83. The fourth-order valence-corrected chi connectivity index (χ4v) is 3.15. The van der Waals surface area contributed by atoms with Gasteiger partial charge in [0.2, 0.25) is 11.8 Å². The minimum Gasteiger partial charge on any atom is -0.492 e. The highest BCUT2D eigenvalue weighted by atomic mass is 16.5. The number of hydrogen-bond donors (Lipinski definition) is 1. The van der Waals surface area contributed by atoms with Crippen LogP contribution in [0.2, 0.25) is 0 Å². The van der Waals surface area contributed by atoms with Gasteiger partial charge in [0.15, 0.2) is 0 Å². The average molecular weight is 376 g/mol. The van der Waals surface area contributed by atoms with Crippen molar-refractivity contribution in [3.8, 4) is 5.75 Å². The summed E-state index contributed by atoms with van der Waals surface area (Å²) in [5.74, 6) is 0.989. The number of piperazine rings is 1. The molecule has 1 heterocycles. The van der Waals surface area contributed by atoms with Crippen molar-refractivity contribution in [1.82, 2.24) is 15.1 Å². The third kappa shape index (κ3) is 6.24. The van der Waals surface area contributed by atoms with Crippen LogP contribution in [0.15, 0.2) is 24.3 Å². The van der Waals surface area contributed by atoms with E-state index in [1.807, 2.05) is 63.8 Å². The fraction of sp³-hybridized carbons (Fsp3) is 0.619. The molecular formula is C21H33N3O3. The number of nitrogens with one attached hydrogen (secondary N) is 1. The fourth-order valence-electron chi connectivity index (χ4n) is 3.15. The number of hydrogen-bond acceptors (Lipinski definition) is 4. The number of aryl methyl sites for hydroxylation is 1. The number of carbonyl (C=O) groups is 2. The number of carbonyl (C=O) groups excluding carboxylic acids is 2. The summed E-state index contributed by atoms with van der Waals surface area (Å²) in [7, 11) is 0. The summed E-state index contributed by atoms with van der Waals surface area (Å²) in [6.45, 7) is 13.4. The molecule has 1 aromatic rings. The maximum absolute atomic E-state index is 12.4. The van der Waals surface area contributed by atoms with Crippen molar-refractivity contribution in [2.24, 2.45) is 5.41 Å². The van der Waals surface area contributed by atoms with Gasteiger partial charge in [-0.1, -0.05) is 32.9 Å². The molecule has 1 atom stereocenters. The van der Waals surface area contributed by atoms with Crippen LogP contribution in [0.25, 0.3) is 0 Å². The standard InChI is InChI=1S/C21H33N3O3/c1-16-7-6-8-18(15-16)27-14-9-22-19(25)17(2)23-10-12-24(13-11-23)20(26)21(3,4)5/h6-8,15,17H,9-14H2,1-5H3,(H,22,25). The van der Waals surface area contributed by atoms with E-state index in [4.69, 9.17) is 4.74 Å². The van der Waals surface area contributed by atoms with Gasteiger partial charge in [-0.05, 0) is 31.5 Å². The lowest BCUT2D eigenvalue weighted by atomic mass is 9.94. The molecule has 1 saturated heterocycles. The van der Waals surface area contributed by atoms with Gasteiger partial charge in [0.05, 0.1) is 12.6 Å². The van der Waals surface area contributed by atoms with Crippen LogP contribution in [0.1, 0.15) is 33.3 Å². The van der Waals surface area contributed by atoms with E-state index in [0.29, 0.717) is 26.2 Å². The maximum atomic E-state index is 12.4. The van der Waals surface area contributed by atoms with Gasteiger partial charge in [0.25, 0.3) is 0 Å². The molecule has 0 bridgehead atoms. The van der Waals surface area contributed by atoms with Gasteiger partial charge in [-0.25, -0.2) is 0 Å². The summed E-state index contributed by atoms with van der Waals surface area (Å²) in [5, 5.41) is 2.94. The van der Waals surface area contributed by atoms with Crippen molar-refractivity contribution in [1.29, 1.82) is 0 Å². The molecule has 27 heavy (non-hydrogen) atoms. The lowest BCUT2D eigenvalue weighted by molar-refractivity contribution is -0.142. The second-order valence-electron chi connectivity index (χ2n) is 8.21. The molecule has 1 N–H and O–H groups in total. The first kappa shape index (κ1) is 21.2. The van der Waals surface area contributed by atoms with Crippen molar-refractivity contribution in [2.45, 2.75) is 40.7 Å². The average Bonchev–Trinajstić information content (AvgIpc) is 2.63. The normalized spacial score (nSPS) is 16.7. The van der Waals surface area contributed by atoms with Gasteiger partial charge in [0.1, 0.15) is 12.4 Å². The van der Waals surface area contributed by atoms with Gasteiger partial charge in [-0.2, -0.15) is 0 Å². The van der Waals surface area contributed by atoms with E-state index in [-0.39, 0.29) is 23.3 Å². The highest BCUT2D eigenvalue weighted by Gasteiger charge is 2.31. The predicted octanol–water partition coefficient (Wildman–Crippen LogP) is 2.07. The van der Waals surface area contributed by atoms with Crippen molar-refractivity contribution >= 4 is 11.8 Å². The second-order valence-corrected chi connectivity index (χ2v) is 8.21. The molecule has 2 amide bonds. The summed E-state index contributed by atoms with van der Waals surface area (Å²) in [6, 6.07) is 7.65. The highest BCUT2D eigenvalue weighted by molar-refractivity contribution is 5.82. The smallest absolute Gasteiger partial charge is 0.237 e. The van der Waals surface area contributed by atoms with Crippen LogP contribution in [0, 0.1) is 12.3 Å². The molecule has 0 aromatic heterocycles. The molecule has 1 unspecified atom stereocenters. The molecule has 6 heteroatoms. The number of benzene rings is 1. The lowest BCUT2D eigenvalue weighted by Gasteiger charge is -2.39. The zero-order chi connectivity index (χ0) is 20.0. The van der Waals surface area contributed by atoms with Crippen LogP contribution >= 0.6 is 0 Å². The van der Waals surface area contributed by atoms with E-state index in [9.17, 15) is 9.59 Å². The number of ether oxygens (including phenoxy) is 1. The monoisotopic (exact) mass is 375 g/mol. The first-order chi connectivity index (χ1) is 12.7. The SMILES string of the molecule is Cc1cccc(OCCNC(=O)C(C)N2CCN(C(=O)C(C)(C)C)CC2)c1. The largest absolute Gasteiger partial charge is 0.492 e. The van der Waals surface area contributed by atoms with Gasteiger partial charge in [0, 0.05) is 31.6 Å². The molecule has 0 saturated carbocycles. The molecule has 0 spiro atoms. The molecule has 2 rings (SSSR count). The summed E-state index contributed by atoms with van der Waals surface area (Å²) in [5.41, 5.74) is 0.789. The van der Waals surface area contributed by atoms with E-state index in [1.165, 1.54) is 0 Å². The van der Waals surface area contributed by atoms with Crippen LogP contribution in [-0.4, -0.2) is 67.0 Å². The highest BCUT2D eigenvalue weighted by Crippen LogP contribution is 2.19. The Morgan fingerprint density at radius 3 is 2.44 bits per heavy atom. The zero-order valence-electron chi connectivity index (χ0n) is 17.2. The Kier molecular flexibility index (Phi) is 7.25. The van der Waals surface area contributed by atoms with Crippen LogP contribution in [0.3, 0.4) is 0 Å². The first-order valence-electron chi connectivity index (χ1n) is 9.69. The zero-order valence-corrected chi connectivity index (χ0v) is 17.2. The summed E-state index contributed by atoms with van der Waals surface area (Å²) in [4.78, 5) is 28.8. The van der Waals surface area contributed by atoms with Gasteiger partial charge >= 0.3 is 0 Å². The topological polar surface area (TPSA) is 61.9 Å². The van der Waals surface area contributed by atoms with Crippen molar-refractivity contribution in [3.63, 3.8) is 0 Å². The Balaban J connectivity index is 1.70. The number of amides is 2. The minimum absolute atomic E-state index is 0.00144. The van der Waals surface area contributed by atoms with E-state index in [1.54, 1.807) is 0 Å². The first-order valence-corrected chi connectivity index (χ1v) is 9.69. The quantitative estimate of drug-likeness (QED) is 0.773. The van der Waals surface area contributed by atoms with Crippen LogP contribution in [0.5, 0.6) is 5.75 Å². The third-order valence-corrected chi connectivity index (χ3v) is 4.83. The molecule has 1 aromatic carbocycles. The lowest BCUT2D eigenvalue weighted by Crippen LogP contribution is -2.56. The van der Waals surface area contributed by atoms with Crippen LogP contribution < -0.4 is 10.1 Å². The predicted molar refractivity (Wildman–Crippen MR) is 107 cm³/mol. The van der Waals surface area contributed by atoms with Crippen molar-refractivity contribution in [2.75, 3.05) is 39.3 Å². The minimum atomic E-state index is -0.359. The number of nitrogens with zero attached hydrogens (tertiary/aromatic N) is 2. The maximum Gasteiger partial charge on any atom is 0.237 e. The Bertz CT molecular complexity index is 646. The Morgan fingerprint density at radius 2 is 1.85 bits per heavy atom. The Labute approximate surface area is 162 Å². The molecule has 150 valence electrons. The van der Waals surface area contributed by atoms with E-state index in [0.717, 1.165) is 24.4 Å². The molecule has 1 fully saturated rings. The van der Waals surface area contributed by atoms with Gasteiger partial charge < -0.3 is 15.0 Å². The van der Waals surface area contributed by atoms with E-state index < -0.39 is 0 Å². The Hall–Kier alpha value is -2.08. The molecule has 0 radical (unpaired) electrons. The van der Waals surface area contributed by atoms with E-state index in [2.05, 4.69) is 10.2 Å². The molecule has 0 aliphatic carbocycles. The van der Waals surface area contributed by atoms with Crippen LogP contribution in [-0.2, 0) is 9.59 Å². The Morgan fingerprint density at radius 1 is 1.19 bits per heavy atom. The molecule has 1 aliphatic heterocycles. The summed E-state index contributed by atoms with van der Waals surface area (Å²) < 4.78 is 5.66. The second kappa shape index (κ2) is 9.22. The molecular weight excluding hydrogens is 342 g/mol. The van der Waals surface area contributed by atoms with Crippen molar-refractivity contribution < 1.29 is 14.3 Å². The molecule has 6 nitrogen and oxygen atoms in total. The van der Waals surface area contributed by atoms with Gasteiger partial charge in [-0.15, -0.1) is 0 Å². The van der Waals surface area contributed by atoms with Gasteiger partial charge in [-0.3, -0.25) is 14.5 Å². The number of rotatable bonds is 6. The van der Waals surface area contributed by atoms with E-state index >= 15 is 0 Å². The summed E-state index contributed by atoms with van der Waals surface area (Å²) in [6.07, 6.45) is 0.